The van der Waals surface area contributed by atoms with Gasteiger partial charge in [-0.05, 0) is 18.3 Å². The molecule has 5 nitrogen and oxygen atoms in total. The molecule has 2 aliphatic heterocycles. The van der Waals surface area contributed by atoms with E-state index in [1.165, 1.54) is 0 Å². The van der Waals surface area contributed by atoms with Gasteiger partial charge in [0.25, 0.3) is 0 Å². The standard InChI is InChI=1S/C14H28N2O3/c1-14(2-6-18-7-3-14)12-15-10-13(17)11-16-4-8-19-9-5-16/h13,15,17H,2-12H2,1H3. The van der Waals surface area contributed by atoms with Gasteiger partial charge in [-0.15, -0.1) is 0 Å². The van der Waals surface area contributed by atoms with Crippen LogP contribution in [0.25, 0.3) is 0 Å². The van der Waals surface area contributed by atoms with E-state index in [-0.39, 0.29) is 6.10 Å². The molecule has 0 amide bonds. The van der Waals surface area contributed by atoms with Crippen LogP contribution in [0.2, 0.25) is 0 Å². The first-order valence-corrected chi connectivity index (χ1v) is 7.45. The molecule has 0 saturated carbocycles. The Bertz CT molecular complexity index is 251. The second-order valence-electron chi connectivity index (χ2n) is 6.12. The van der Waals surface area contributed by atoms with E-state index in [4.69, 9.17) is 9.47 Å². The Morgan fingerprint density at radius 2 is 1.79 bits per heavy atom. The zero-order valence-electron chi connectivity index (χ0n) is 12.1. The monoisotopic (exact) mass is 272 g/mol. The maximum absolute atomic E-state index is 10.0. The minimum atomic E-state index is -0.290. The molecule has 2 rings (SSSR count). The number of hydrogen-bond acceptors (Lipinski definition) is 5. The second kappa shape index (κ2) is 7.55. The van der Waals surface area contributed by atoms with E-state index in [0.29, 0.717) is 12.0 Å². The maximum Gasteiger partial charge on any atom is 0.0791 e. The van der Waals surface area contributed by atoms with Gasteiger partial charge in [-0.2, -0.15) is 0 Å². The number of aliphatic hydroxyl groups excluding tert-OH is 1. The van der Waals surface area contributed by atoms with Crippen LogP contribution >= 0.6 is 0 Å². The maximum atomic E-state index is 10.0. The van der Waals surface area contributed by atoms with Gasteiger partial charge in [0.2, 0.25) is 0 Å². The molecule has 2 heterocycles. The predicted octanol–water partition coefficient (Wildman–Crippen LogP) is 0.0858. The summed E-state index contributed by atoms with van der Waals surface area (Å²) in [5.74, 6) is 0. The summed E-state index contributed by atoms with van der Waals surface area (Å²) in [4.78, 5) is 2.27. The molecule has 5 heteroatoms. The van der Waals surface area contributed by atoms with Crippen molar-refractivity contribution in [3.05, 3.63) is 0 Å². The molecule has 2 fully saturated rings. The highest BCUT2D eigenvalue weighted by molar-refractivity contribution is 4.80. The Morgan fingerprint density at radius 3 is 2.47 bits per heavy atom. The number of nitrogens with one attached hydrogen (secondary N) is 1. The molecule has 0 radical (unpaired) electrons. The van der Waals surface area contributed by atoms with E-state index in [1.54, 1.807) is 0 Å². The van der Waals surface area contributed by atoms with Crippen molar-refractivity contribution in [3.8, 4) is 0 Å². The Labute approximate surface area is 116 Å². The summed E-state index contributed by atoms with van der Waals surface area (Å²) in [6.45, 7) is 9.88. The van der Waals surface area contributed by atoms with E-state index in [1.807, 2.05) is 0 Å². The minimum Gasteiger partial charge on any atom is -0.390 e. The van der Waals surface area contributed by atoms with Crippen LogP contribution in [0, 0.1) is 5.41 Å². The lowest BCUT2D eigenvalue weighted by Crippen LogP contribution is -2.45. The molecule has 0 aliphatic carbocycles. The minimum absolute atomic E-state index is 0.290. The summed E-state index contributed by atoms with van der Waals surface area (Å²) in [7, 11) is 0. The van der Waals surface area contributed by atoms with Crippen LogP contribution in [-0.4, -0.2) is 75.3 Å². The zero-order chi connectivity index (χ0) is 13.6. The molecule has 0 spiro atoms. The lowest BCUT2D eigenvalue weighted by atomic mass is 9.82. The van der Waals surface area contributed by atoms with Crippen molar-refractivity contribution < 1.29 is 14.6 Å². The molecule has 1 unspecified atom stereocenters. The summed E-state index contributed by atoms with van der Waals surface area (Å²) in [6, 6.07) is 0. The number of nitrogens with zero attached hydrogens (tertiary/aromatic N) is 1. The molecule has 0 bridgehead atoms. The Balaban J connectivity index is 1.59. The molecule has 0 aromatic heterocycles. The van der Waals surface area contributed by atoms with Gasteiger partial charge < -0.3 is 19.9 Å². The fourth-order valence-corrected chi connectivity index (χ4v) is 2.73. The molecule has 19 heavy (non-hydrogen) atoms. The van der Waals surface area contributed by atoms with Crippen molar-refractivity contribution >= 4 is 0 Å². The topological polar surface area (TPSA) is 54.0 Å². The van der Waals surface area contributed by atoms with Gasteiger partial charge in [-0.3, -0.25) is 4.90 Å². The Morgan fingerprint density at radius 1 is 1.16 bits per heavy atom. The quantitative estimate of drug-likeness (QED) is 0.717. The number of ether oxygens (including phenoxy) is 2. The van der Waals surface area contributed by atoms with Crippen LogP contribution in [0.1, 0.15) is 19.8 Å². The summed E-state index contributed by atoms with van der Waals surface area (Å²) < 4.78 is 10.7. The molecule has 0 aromatic rings. The fraction of sp³-hybridized carbons (Fsp3) is 1.00. The van der Waals surface area contributed by atoms with Crippen molar-refractivity contribution in [2.45, 2.75) is 25.9 Å². The van der Waals surface area contributed by atoms with Gasteiger partial charge in [0.15, 0.2) is 0 Å². The number of β-amino-alcohol motifs (C(OH)–C–C–N with tert-alkyl or cyclic N) is 1. The highest BCUT2D eigenvalue weighted by Crippen LogP contribution is 2.28. The van der Waals surface area contributed by atoms with Gasteiger partial charge in [0, 0.05) is 45.9 Å². The second-order valence-corrected chi connectivity index (χ2v) is 6.12. The molecular weight excluding hydrogens is 244 g/mol. The third-order valence-electron chi connectivity index (χ3n) is 4.20. The average molecular weight is 272 g/mol. The molecule has 112 valence electrons. The van der Waals surface area contributed by atoms with Crippen LogP contribution in [0.4, 0.5) is 0 Å². The zero-order valence-corrected chi connectivity index (χ0v) is 12.1. The Kier molecular flexibility index (Phi) is 6.04. The molecule has 2 saturated heterocycles. The molecule has 2 aliphatic rings. The van der Waals surface area contributed by atoms with Crippen LogP contribution in [0.15, 0.2) is 0 Å². The first-order chi connectivity index (χ1) is 9.18. The molecule has 0 aromatic carbocycles. The van der Waals surface area contributed by atoms with Crippen molar-refractivity contribution in [2.24, 2.45) is 5.41 Å². The SMILES string of the molecule is CC1(CNCC(O)CN2CCOCC2)CCOCC1. The summed E-state index contributed by atoms with van der Waals surface area (Å²) >= 11 is 0. The lowest BCUT2D eigenvalue weighted by molar-refractivity contribution is 0.0104. The van der Waals surface area contributed by atoms with Gasteiger partial charge in [0.1, 0.15) is 0 Å². The van der Waals surface area contributed by atoms with Gasteiger partial charge >= 0.3 is 0 Å². The molecular formula is C14H28N2O3. The van der Waals surface area contributed by atoms with Crippen LogP contribution < -0.4 is 5.32 Å². The van der Waals surface area contributed by atoms with Gasteiger partial charge in [-0.1, -0.05) is 6.92 Å². The van der Waals surface area contributed by atoms with E-state index >= 15 is 0 Å². The molecule has 1 atom stereocenters. The van der Waals surface area contributed by atoms with Crippen LogP contribution in [-0.2, 0) is 9.47 Å². The highest BCUT2D eigenvalue weighted by Gasteiger charge is 2.27. The van der Waals surface area contributed by atoms with Crippen molar-refractivity contribution in [2.75, 3.05) is 59.2 Å². The smallest absolute Gasteiger partial charge is 0.0791 e. The number of rotatable bonds is 6. The van der Waals surface area contributed by atoms with Crippen molar-refractivity contribution in [1.82, 2.24) is 10.2 Å². The summed E-state index contributed by atoms with van der Waals surface area (Å²) in [6.07, 6.45) is 1.93. The van der Waals surface area contributed by atoms with Crippen molar-refractivity contribution in [1.29, 1.82) is 0 Å². The van der Waals surface area contributed by atoms with E-state index in [0.717, 1.165) is 65.4 Å². The van der Waals surface area contributed by atoms with E-state index < -0.39 is 0 Å². The largest absolute Gasteiger partial charge is 0.390 e. The summed E-state index contributed by atoms with van der Waals surface area (Å²) in [5, 5.41) is 13.5. The highest BCUT2D eigenvalue weighted by atomic mass is 16.5. The van der Waals surface area contributed by atoms with Crippen LogP contribution in [0.3, 0.4) is 0 Å². The van der Waals surface area contributed by atoms with Crippen molar-refractivity contribution in [3.63, 3.8) is 0 Å². The Hall–Kier alpha value is -0.200. The number of aliphatic hydroxyl groups is 1. The average Bonchev–Trinajstić information content (AvgIpc) is 2.40. The van der Waals surface area contributed by atoms with Gasteiger partial charge in [0.05, 0.1) is 19.3 Å². The first-order valence-electron chi connectivity index (χ1n) is 7.45. The number of morpholine rings is 1. The van der Waals surface area contributed by atoms with E-state index in [9.17, 15) is 5.11 Å². The third kappa shape index (κ3) is 5.36. The van der Waals surface area contributed by atoms with E-state index in [2.05, 4.69) is 17.1 Å². The third-order valence-corrected chi connectivity index (χ3v) is 4.20. The number of hydrogen-bond donors (Lipinski definition) is 2. The fourth-order valence-electron chi connectivity index (χ4n) is 2.73. The van der Waals surface area contributed by atoms with Gasteiger partial charge in [-0.25, -0.2) is 0 Å². The van der Waals surface area contributed by atoms with Crippen LogP contribution in [0.5, 0.6) is 0 Å². The molecule has 2 N–H and O–H groups in total. The lowest BCUT2D eigenvalue weighted by Gasteiger charge is -2.34. The summed E-state index contributed by atoms with van der Waals surface area (Å²) in [5.41, 5.74) is 0.330. The normalized spacial score (nSPS) is 26.2. The predicted molar refractivity (Wildman–Crippen MR) is 74.3 cm³/mol. The first kappa shape index (κ1) is 15.2.